The van der Waals surface area contributed by atoms with Crippen molar-refractivity contribution >= 4 is 29.3 Å². The third kappa shape index (κ3) is 2.08. The first kappa shape index (κ1) is 11.8. The van der Waals surface area contributed by atoms with Crippen molar-refractivity contribution < 1.29 is 0 Å². The van der Waals surface area contributed by atoms with Crippen molar-refractivity contribution in [2.45, 2.75) is 12.8 Å². The second kappa shape index (κ2) is 4.68. The molecule has 86 valence electrons. The second-order valence-electron chi connectivity index (χ2n) is 3.99. The average molecular weight is 246 g/mol. The molecule has 1 aromatic heterocycles. The molecule has 0 saturated carbocycles. The molecule has 0 atom stereocenters. The van der Waals surface area contributed by atoms with E-state index in [0.29, 0.717) is 0 Å². The van der Waals surface area contributed by atoms with Crippen LogP contribution >= 0.6 is 12.4 Å². The Bertz CT molecular complexity index is 649. The van der Waals surface area contributed by atoms with E-state index in [0.717, 1.165) is 29.3 Å². The summed E-state index contributed by atoms with van der Waals surface area (Å²) in [6, 6.07) is 9.60. The molecule has 3 heteroatoms. The molecule has 0 spiro atoms. The van der Waals surface area contributed by atoms with E-state index in [1.165, 1.54) is 5.56 Å². The number of aryl methyl sites for hydroxylation is 1. The second-order valence-corrected chi connectivity index (χ2v) is 3.99. The zero-order chi connectivity index (χ0) is 11.0. The lowest BCUT2D eigenvalue weighted by molar-refractivity contribution is 0.979. The number of nitrogens with zero attached hydrogens (tertiary/aromatic N) is 1. The minimum Gasteiger partial charge on any atom is -0.267 e. The molecule has 2 aromatic rings. The van der Waals surface area contributed by atoms with Crippen molar-refractivity contribution in [2.75, 3.05) is 0 Å². The summed E-state index contributed by atoms with van der Waals surface area (Å²) in [5, 5.41) is 2.13. The summed E-state index contributed by atoms with van der Waals surface area (Å²) in [6.45, 7) is 0. The lowest BCUT2D eigenvalue weighted by Gasteiger charge is -2.07. The van der Waals surface area contributed by atoms with Gasteiger partial charge in [0.05, 0.1) is 5.69 Å². The first-order valence-corrected chi connectivity index (χ1v) is 5.44. The van der Waals surface area contributed by atoms with E-state index in [4.69, 9.17) is 0 Å². The van der Waals surface area contributed by atoms with Crippen molar-refractivity contribution in [3.8, 4) is 0 Å². The largest absolute Gasteiger partial charge is 0.270 e. The fraction of sp³-hybridized carbons (Fsp3) is 0.143. The van der Waals surface area contributed by atoms with Crippen LogP contribution in [0.5, 0.6) is 0 Å². The lowest BCUT2D eigenvalue weighted by Crippen LogP contribution is -2.03. The Morgan fingerprint density at radius 1 is 1.18 bits per heavy atom. The monoisotopic (exact) mass is 245 g/mol. The predicted octanol–water partition coefficient (Wildman–Crippen LogP) is 2.98. The molecule has 0 radical (unpaired) electrons. The lowest BCUT2D eigenvalue weighted by atomic mass is 9.98. The minimum absolute atomic E-state index is 0. The van der Waals surface area contributed by atoms with Gasteiger partial charge in [-0.2, -0.15) is 0 Å². The van der Waals surface area contributed by atoms with Gasteiger partial charge in [0, 0.05) is 6.07 Å². The number of rotatable bonds is 0. The van der Waals surface area contributed by atoms with Crippen LogP contribution in [0.15, 0.2) is 41.2 Å². The van der Waals surface area contributed by atoms with Gasteiger partial charge < -0.3 is 0 Å². The van der Waals surface area contributed by atoms with Gasteiger partial charge in [0.15, 0.2) is 0 Å². The van der Waals surface area contributed by atoms with Gasteiger partial charge in [0.1, 0.15) is 0 Å². The zero-order valence-corrected chi connectivity index (χ0v) is 10.0. The molecular weight excluding hydrogens is 234 g/mol. The van der Waals surface area contributed by atoms with Crippen LogP contribution in [0.25, 0.3) is 16.8 Å². The molecule has 3 rings (SSSR count). The van der Waals surface area contributed by atoms with Gasteiger partial charge in [-0.25, -0.2) is 4.98 Å². The first-order chi connectivity index (χ1) is 7.84. The molecule has 0 bridgehead atoms. The highest BCUT2D eigenvalue weighted by atomic mass is 35.5. The molecule has 0 N–H and O–H groups in total. The fourth-order valence-corrected chi connectivity index (χ4v) is 2.21. The van der Waals surface area contributed by atoms with Crippen LogP contribution in [-0.2, 0) is 6.42 Å². The van der Waals surface area contributed by atoms with Crippen molar-refractivity contribution in [1.82, 2.24) is 4.98 Å². The van der Waals surface area contributed by atoms with Crippen molar-refractivity contribution in [2.24, 2.45) is 0 Å². The Hall–Kier alpha value is -1.67. The number of fused-ring (bicyclic) bond motifs is 3. The summed E-state index contributed by atoms with van der Waals surface area (Å²) in [5.41, 5.74) is 1.86. The number of hydrogen-bond acceptors (Lipinski definition) is 2. The molecule has 2 nitrogen and oxygen atoms in total. The van der Waals surface area contributed by atoms with Crippen LogP contribution in [-0.4, -0.2) is 4.98 Å². The quantitative estimate of drug-likeness (QED) is 0.714. The molecular formula is C14H12ClNO. The number of aromatic nitrogens is 1. The Kier molecular flexibility index (Phi) is 3.25. The highest BCUT2D eigenvalue weighted by molar-refractivity contribution is 5.87. The third-order valence-electron chi connectivity index (χ3n) is 2.94. The van der Waals surface area contributed by atoms with Crippen LogP contribution < -0.4 is 5.56 Å². The number of halogens is 1. The van der Waals surface area contributed by atoms with E-state index in [1.807, 2.05) is 24.3 Å². The van der Waals surface area contributed by atoms with Gasteiger partial charge in [0.2, 0.25) is 0 Å². The number of benzene rings is 1. The van der Waals surface area contributed by atoms with E-state index in [-0.39, 0.29) is 18.0 Å². The van der Waals surface area contributed by atoms with Gasteiger partial charge in [-0.05, 0) is 35.3 Å². The van der Waals surface area contributed by atoms with E-state index in [9.17, 15) is 4.79 Å². The van der Waals surface area contributed by atoms with Gasteiger partial charge in [-0.3, -0.25) is 4.79 Å². The first-order valence-electron chi connectivity index (χ1n) is 5.44. The van der Waals surface area contributed by atoms with Crippen LogP contribution in [0.1, 0.15) is 17.7 Å². The summed E-state index contributed by atoms with van der Waals surface area (Å²) < 4.78 is 0. The maximum absolute atomic E-state index is 11.6. The topological polar surface area (TPSA) is 30.0 Å². The summed E-state index contributed by atoms with van der Waals surface area (Å²) in [5.74, 6) is 0. The summed E-state index contributed by atoms with van der Waals surface area (Å²) in [4.78, 5) is 15.7. The van der Waals surface area contributed by atoms with Crippen LogP contribution in [0, 0.1) is 0 Å². The van der Waals surface area contributed by atoms with E-state index in [1.54, 1.807) is 6.07 Å². The smallest absolute Gasteiger partial charge is 0.267 e. The minimum atomic E-state index is -0.163. The molecule has 0 amide bonds. The Labute approximate surface area is 105 Å². The fourth-order valence-electron chi connectivity index (χ4n) is 2.21. The average Bonchev–Trinajstić information content (AvgIpc) is 2.44. The van der Waals surface area contributed by atoms with E-state index in [2.05, 4.69) is 17.1 Å². The molecule has 1 aliphatic carbocycles. The summed E-state index contributed by atoms with van der Waals surface area (Å²) in [6.07, 6.45) is 6.01. The van der Waals surface area contributed by atoms with E-state index >= 15 is 0 Å². The molecule has 0 fully saturated rings. The molecule has 0 saturated heterocycles. The molecule has 1 aliphatic rings. The Morgan fingerprint density at radius 3 is 2.88 bits per heavy atom. The maximum atomic E-state index is 11.6. The zero-order valence-electron chi connectivity index (χ0n) is 9.22. The van der Waals surface area contributed by atoms with Gasteiger partial charge in [0.25, 0.3) is 5.56 Å². The number of allylic oxidation sites excluding steroid dienone is 1. The maximum Gasteiger partial charge on any atom is 0.270 e. The van der Waals surface area contributed by atoms with Crippen molar-refractivity contribution in [3.63, 3.8) is 0 Å². The Balaban J connectivity index is 0.00000108. The van der Waals surface area contributed by atoms with Crippen molar-refractivity contribution in [1.29, 1.82) is 0 Å². The van der Waals surface area contributed by atoms with E-state index < -0.39 is 0 Å². The molecule has 0 aliphatic heterocycles. The normalized spacial score (nSPS) is 12.9. The highest BCUT2D eigenvalue weighted by Gasteiger charge is 2.09. The third-order valence-corrected chi connectivity index (χ3v) is 2.94. The highest BCUT2D eigenvalue weighted by Crippen LogP contribution is 2.23. The molecule has 17 heavy (non-hydrogen) atoms. The van der Waals surface area contributed by atoms with Gasteiger partial charge in [-0.15, -0.1) is 12.4 Å². The molecule has 1 aromatic carbocycles. The summed E-state index contributed by atoms with van der Waals surface area (Å²) in [7, 11) is 0. The van der Waals surface area contributed by atoms with Crippen LogP contribution in [0.3, 0.4) is 0 Å². The predicted molar refractivity (Wildman–Crippen MR) is 72.6 cm³/mol. The molecule has 1 heterocycles. The molecule has 0 unspecified atom stereocenters. The van der Waals surface area contributed by atoms with Crippen LogP contribution in [0.4, 0.5) is 0 Å². The Morgan fingerprint density at radius 2 is 2.00 bits per heavy atom. The number of hydrogen-bond donors (Lipinski definition) is 0. The van der Waals surface area contributed by atoms with Crippen molar-refractivity contribution in [3.05, 3.63) is 58.0 Å². The van der Waals surface area contributed by atoms with Gasteiger partial charge >= 0.3 is 0 Å². The van der Waals surface area contributed by atoms with Gasteiger partial charge in [-0.1, -0.05) is 30.3 Å². The standard InChI is InChI=1S/C14H11NO.ClH/c16-14-9-10-5-1-2-6-11(10)12-7-3-4-8-13(12)15-14;/h1-2,4-6,8-9H,3,7H2;1H. The van der Waals surface area contributed by atoms with Crippen LogP contribution in [0.2, 0.25) is 0 Å². The summed E-state index contributed by atoms with van der Waals surface area (Å²) >= 11 is 0. The SMILES string of the molecule is Cl.O=c1cc2ccccc2c2c(n1)C=CCC2.